The highest BCUT2D eigenvalue weighted by molar-refractivity contribution is 7.09. The van der Waals surface area contributed by atoms with Crippen LogP contribution in [0.4, 0.5) is 0 Å². The highest BCUT2D eigenvalue weighted by atomic mass is 32.1. The lowest BCUT2D eigenvalue weighted by Gasteiger charge is -2.07. The lowest BCUT2D eigenvalue weighted by Crippen LogP contribution is -2.19. The molecule has 0 radical (unpaired) electrons. The maximum Gasteiger partial charge on any atom is 0.0897 e. The molecule has 4 heteroatoms. The van der Waals surface area contributed by atoms with Crippen LogP contribution in [0.15, 0.2) is 5.38 Å². The first-order valence-corrected chi connectivity index (χ1v) is 5.90. The standard InChI is InChI=1S/C10H18N2OS/c1-3-10(13)4-5-11-6-9-7-14-8(2)12-9/h7,10-11,13H,3-6H2,1-2H3. The first-order valence-electron chi connectivity index (χ1n) is 5.02. The predicted molar refractivity (Wildman–Crippen MR) is 59.5 cm³/mol. The highest BCUT2D eigenvalue weighted by Gasteiger charge is 2.00. The van der Waals surface area contributed by atoms with Gasteiger partial charge in [0, 0.05) is 11.9 Å². The molecule has 1 aromatic heterocycles. The lowest BCUT2D eigenvalue weighted by atomic mass is 10.2. The molecule has 0 aromatic carbocycles. The van der Waals surface area contributed by atoms with Gasteiger partial charge in [-0.3, -0.25) is 0 Å². The van der Waals surface area contributed by atoms with Gasteiger partial charge < -0.3 is 10.4 Å². The third-order valence-corrected chi connectivity index (χ3v) is 2.92. The van der Waals surface area contributed by atoms with Crippen LogP contribution in [0.2, 0.25) is 0 Å². The molecule has 0 amide bonds. The molecular weight excluding hydrogens is 196 g/mol. The van der Waals surface area contributed by atoms with Crippen LogP contribution >= 0.6 is 11.3 Å². The smallest absolute Gasteiger partial charge is 0.0897 e. The van der Waals surface area contributed by atoms with Gasteiger partial charge in [-0.15, -0.1) is 11.3 Å². The maximum atomic E-state index is 9.31. The van der Waals surface area contributed by atoms with Crippen molar-refractivity contribution in [2.75, 3.05) is 6.54 Å². The zero-order chi connectivity index (χ0) is 10.4. The summed E-state index contributed by atoms with van der Waals surface area (Å²) in [6, 6.07) is 0. The molecule has 1 atom stereocenters. The monoisotopic (exact) mass is 214 g/mol. The minimum absolute atomic E-state index is 0.167. The van der Waals surface area contributed by atoms with Crippen molar-refractivity contribution in [2.45, 2.75) is 39.3 Å². The second-order valence-corrected chi connectivity index (χ2v) is 4.45. The number of thiazole rings is 1. The molecule has 0 saturated carbocycles. The molecule has 0 fully saturated rings. The third kappa shape index (κ3) is 4.17. The van der Waals surface area contributed by atoms with Gasteiger partial charge in [-0.1, -0.05) is 6.92 Å². The fourth-order valence-electron chi connectivity index (χ4n) is 1.18. The van der Waals surface area contributed by atoms with Crippen LogP contribution in [0.5, 0.6) is 0 Å². The number of nitrogens with one attached hydrogen (secondary N) is 1. The summed E-state index contributed by atoms with van der Waals surface area (Å²) in [5, 5.41) is 15.7. The van der Waals surface area contributed by atoms with Gasteiger partial charge in [0.1, 0.15) is 0 Å². The second kappa shape index (κ2) is 6.11. The molecule has 2 N–H and O–H groups in total. The summed E-state index contributed by atoms with van der Waals surface area (Å²) >= 11 is 1.67. The topological polar surface area (TPSA) is 45.1 Å². The Morgan fingerprint density at radius 1 is 1.64 bits per heavy atom. The van der Waals surface area contributed by atoms with Crippen LogP contribution in [-0.4, -0.2) is 22.7 Å². The summed E-state index contributed by atoms with van der Waals surface area (Å²) in [7, 11) is 0. The van der Waals surface area contributed by atoms with Crippen molar-refractivity contribution in [2.24, 2.45) is 0 Å². The van der Waals surface area contributed by atoms with Gasteiger partial charge in [-0.2, -0.15) is 0 Å². The van der Waals surface area contributed by atoms with Crippen molar-refractivity contribution < 1.29 is 5.11 Å². The van der Waals surface area contributed by atoms with Crippen molar-refractivity contribution in [3.63, 3.8) is 0 Å². The van der Waals surface area contributed by atoms with E-state index in [2.05, 4.69) is 15.7 Å². The molecule has 0 aliphatic rings. The van der Waals surface area contributed by atoms with Crippen molar-refractivity contribution >= 4 is 11.3 Å². The average molecular weight is 214 g/mol. The van der Waals surface area contributed by atoms with E-state index in [0.717, 1.165) is 36.6 Å². The van der Waals surface area contributed by atoms with E-state index < -0.39 is 0 Å². The molecule has 0 saturated heterocycles. The highest BCUT2D eigenvalue weighted by Crippen LogP contribution is 2.07. The molecule has 80 valence electrons. The minimum Gasteiger partial charge on any atom is -0.393 e. The summed E-state index contributed by atoms with van der Waals surface area (Å²) in [5.74, 6) is 0. The molecule has 0 bridgehead atoms. The number of aryl methyl sites for hydroxylation is 1. The molecule has 3 nitrogen and oxygen atoms in total. The van der Waals surface area contributed by atoms with Crippen LogP contribution in [0, 0.1) is 6.92 Å². The summed E-state index contributed by atoms with van der Waals surface area (Å²) < 4.78 is 0. The Morgan fingerprint density at radius 3 is 3.00 bits per heavy atom. The molecule has 1 heterocycles. The zero-order valence-electron chi connectivity index (χ0n) is 8.79. The van der Waals surface area contributed by atoms with E-state index in [1.54, 1.807) is 11.3 Å². The SMILES string of the molecule is CCC(O)CCNCc1csc(C)n1. The summed E-state index contributed by atoms with van der Waals surface area (Å²) in [5.41, 5.74) is 1.10. The molecule has 1 rings (SSSR count). The Balaban J connectivity index is 2.10. The Hall–Kier alpha value is -0.450. The summed E-state index contributed by atoms with van der Waals surface area (Å²) in [6.45, 7) is 5.66. The van der Waals surface area contributed by atoms with E-state index in [1.807, 2.05) is 13.8 Å². The van der Waals surface area contributed by atoms with Crippen molar-refractivity contribution in [1.82, 2.24) is 10.3 Å². The molecular formula is C10H18N2OS. The zero-order valence-corrected chi connectivity index (χ0v) is 9.60. The molecule has 1 unspecified atom stereocenters. The normalized spacial score (nSPS) is 13.1. The van der Waals surface area contributed by atoms with E-state index in [9.17, 15) is 5.11 Å². The van der Waals surface area contributed by atoms with Gasteiger partial charge in [-0.25, -0.2) is 4.98 Å². The fourth-order valence-corrected chi connectivity index (χ4v) is 1.79. The van der Waals surface area contributed by atoms with Crippen LogP contribution in [0.3, 0.4) is 0 Å². The Labute approximate surface area is 89.2 Å². The number of nitrogens with zero attached hydrogens (tertiary/aromatic N) is 1. The molecule has 14 heavy (non-hydrogen) atoms. The molecule has 0 aliphatic carbocycles. The van der Waals surface area contributed by atoms with Crippen LogP contribution < -0.4 is 5.32 Å². The summed E-state index contributed by atoms with van der Waals surface area (Å²) in [4.78, 5) is 4.34. The number of hydrogen-bond donors (Lipinski definition) is 2. The number of aromatic nitrogens is 1. The first-order chi connectivity index (χ1) is 6.72. The number of hydrogen-bond acceptors (Lipinski definition) is 4. The number of rotatable bonds is 6. The average Bonchev–Trinajstić information content (AvgIpc) is 2.58. The molecule has 0 spiro atoms. The minimum atomic E-state index is -0.167. The quantitative estimate of drug-likeness (QED) is 0.709. The van der Waals surface area contributed by atoms with E-state index in [4.69, 9.17) is 0 Å². The van der Waals surface area contributed by atoms with Crippen molar-refractivity contribution in [3.05, 3.63) is 16.1 Å². The van der Waals surface area contributed by atoms with Crippen molar-refractivity contribution in [3.8, 4) is 0 Å². The lowest BCUT2D eigenvalue weighted by molar-refractivity contribution is 0.159. The molecule has 0 aliphatic heterocycles. The van der Waals surface area contributed by atoms with Crippen molar-refractivity contribution in [1.29, 1.82) is 0 Å². The Kier molecular flexibility index (Phi) is 5.07. The van der Waals surface area contributed by atoms with Crippen LogP contribution in [-0.2, 0) is 6.54 Å². The van der Waals surface area contributed by atoms with Gasteiger partial charge >= 0.3 is 0 Å². The third-order valence-electron chi connectivity index (χ3n) is 2.10. The van der Waals surface area contributed by atoms with E-state index in [1.165, 1.54) is 0 Å². The fraction of sp³-hybridized carbons (Fsp3) is 0.700. The molecule has 1 aromatic rings. The Bertz CT molecular complexity index is 262. The Morgan fingerprint density at radius 2 is 2.43 bits per heavy atom. The van der Waals surface area contributed by atoms with E-state index in [0.29, 0.717) is 0 Å². The van der Waals surface area contributed by atoms with Crippen LogP contribution in [0.1, 0.15) is 30.5 Å². The first kappa shape index (κ1) is 11.6. The van der Waals surface area contributed by atoms with E-state index in [-0.39, 0.29) is 6.10 Å². The second-order valence-electron chi connectivity index (χ2n) is 3.39. The van der Waals surface area contributed by atoms with Gasteiger partial charge in [0.15, 0.2) is 0 Å². The number of aliphatic hydroxyl groups is 1. The van der Waals surface area contributed by atoms with Crippen LogP contribution in [0.25, 0.3) is 0 Å². The largest absolute Gasteiger partial charge is 0.393 e. The van der Waals surface area contributed by atoms with Gasteiger partial charge in [0.25, 0.3) is 0 Å². The maximum absolute atomic E-state index is 9.31. The predicted octanol–water partition coefficient (Wildman–Crippen LogP) is 1.70. The number of aliphatic hydroxyl groups excluding tert-OH is 1. The van der Waals surface area contributed by atoms with Gasteiger partial charge in [-0.05, 0) is 26.3 Å². The summed E-state index contributed by atoms with van der Waals surface area (Å²) in [6.07, 6.45) is 1.48. The van der Waals surface area contributed by atoms with Gasteiger partial charge in [0.05, 0.1) is 16.8 Å². The van der Waals surface area contributed by atoms with Gasteiger partial charge in [0.2, 0.25) is 0 Å². The van der Waals surface area contributed by atoms with E-state index >= 15 is 0 Å².